The van der Waals surface area contributed by atoms with Crippen LogP contribution in [0, 0.1) is 11.8 Å². The van der Waals surface area contributed by atoms with E-state index in [2.05, 4.69) is 63.1 Å². The predicted octanol–water partition coefficient (Wildman–Crippen LogP) is 5.11. The number of benzene rings is 1. The quantitative estimate of drug-likeness (QED) is 0.497. The molecule has 1 aliphatic heterocycles. The number of nitrogens with zero attached hydrogens (tertiary/aromatic N) is 4. The van der Waals surface area contributed by atoms with E-state index in [-0.39, 0.29) is 5.91 Å². The Labute approximate surface area is 219 Å². The molecule has 3 fully saturated rings. The largest absolute Gasteiger partial charge is 0.379 e. The number of anilines is 1. The molecule has 3 unspecified atom stereocenters. The Morgan fingerprint density at radius 1 is 1.17 bits per heavy atom. The Morgan fingerprint density at radius 2 is 1.97 bits per heavy atom. The number of hydrogen-bond acceptors (Lipinski definition) is 6. The fourth-order valence-electron chi connectivity index (χ4n) is 6.79. The summed E-state index contributed by atoms with van der Waals surface area (Å²) in [5.74, 6) is 2.95. The maximum Gasteiger partial charge on any atom is 0.234 e. The van der Waals surface area contributed by atoms with E-state index in [9.17, 15) is 4.79 Å². The first-order chi connectivity index (χ1) is 17.5. The minimum absolute atomic E-state index is 0.00730. The molecular formula is C28H41N5O2S. The molecular weight excluding hydrogens is 470 g/mol. The first-order valence-electron chi connectivity index (χ1n) is 13.8. The van der Waals surface area contributed by atoms with Crippen molar-refractivity contribution in [3.63, 3.8) is 0 Å². The van der Waals surface area contributed by atoms with Gasteiger partial charge in [0.15, 0.2) is 5.16 Å². The molecule has 2 saturated carbocycles. The number of nitrogens with one attached hydrogen (secondary N) is 1. The van der Waals surface area contributed by atoms with Crippen molar-refractivity contribution in [1.29, 1.82) is 0 Å². The van der Waals surface area contributed by atoms with Gasteiger partial charge in [-0.25, -0.2) is 0 Å². The number of rotatable bonds is 8. The van der Waals surface area contributed by atoms with E-state index in [4.69, 9.17) is 4.74 Å². The number of ether oxygens (including phenoxy) is 1. The average molecular weight is 512 g/mol. The molecule has 2 bridgehead atoms. The summed E-state index contributed by atoms with van der Waals surface area (Å²) >= 11 is 1.46. The molecule has 3 aliphatic rings. The van der Waals surface area contributed by atoms with E-state index in [1.807, 2.05) is 0 Å². The summed E-state index contributed by atoms with van der Waals surface area (Å²) in [5.41, 5.74) is 2.68. The molecule has 1 aromatic carbocycles. The highest BCUT2D eigenvalue weighted by atomic mass is 32.2. The topological polar surface area (TPSA) is 72.3 Å². The van der Waals surface area contributed by atoms with E-state index >= 15 is 0 Å². The van der Waals surface area contributed by atoms with E-state index < -0.39 is 0 Å². The lowest BCUT2D eigenvalue weighted by molar-refractivity contribution is -0.113. The van der Waals surface area contributed by atoms with Crippen LogP contribution in [0.15, 0.2) is 29.4 Å². The van der Waals surface area contributed by atoms with Crippen LogP contribution in [-0.2, 0) is 28.0 Å². The second kappa shape index (κ2) is 11.7. The summed E-state index contributed by atoms with van der Waals surface area (Å²) in [6, 6.07) is 8.74. The number of amides is 1. The van der Waals surface area contributed by atoms with E-state index in [0.717, 1.165) is 67.9 Å². The van der Waals surface area contributed by atoms with Gasteiger partial charge in [-0.3, -0.25) is 9.69 Å². The standard InChI is InChI=1S/C28H41N5O2S/c1-3-33-25(19-32-12-14-35-15-13-32)30-31-27(33)36-20-26(34)29-24-9-7-23(8-10-24)28-11-5-4-6-22(18-28)16-21(2)17-28/h7-10,21-22H,3-6,11-20H2,1-2H3,(H,29,34). The number of morpholine rings is 1. The number of carbonyl (C=O) groups excluding carboxylic acids is 1. The zero-order valence-corrected chi connectivity index (χ0v) is 22.7. The molecule has 2 aliphatic carbocycles. The van der Waals surface area contributed by atoms with E-state index in [1.54, 1.807) is 0 Å². The maximum absolute atomic E-state index is 12.7. The Hall–Kier alpha value is -1.90. The molecule has 2 aromatic rings. The van der Waals surface area contributed by atoms with Crippen molar-refractivity contribution in [2.45, 2.75) is 82.5 Å². The highest BCUT2D eigenvalue weighted by Crippen LogP contribution is 2.51. The SMILES string of the molecule is CCn1c(CN2CCOCC2)nnc1SCC(=O)Nc1ccc(C23CCCCC(CC(C)C2)C3)cc1. The van der Waals surface area contributed by atoms with Crippen molar-refractivity contribution in [2.24, 2.45) is 11.8 Å². The van der Waals surface area contributed by atoms with Crippen LogP contribution in [0.5, 0.6) is 0 Å². The van der Waals surface area contributed by atoms with Gasteiger partial charge in [-0.2, -0.15) is 0 Å². The van der Waals surface area contributed by atoms with Gasteiger partial charge in [0.25, 0.3) is 0 Å². The van der Waals surface area contributed by atoms with Crippen molar-refractivity contribution >= 4 is 23.4 Å². The summed E-state index contributed by atoms with van der Waals surface area (Å²) < 4.78 is 7.56. The summed E-state index contributed by atoms with van der Waals surface area (Å²) in [7, 11) is 0. The minimum Gasteiger partial charge on any atom is -0.379 e. The number of carbonyl (C=O) groups is 1. The van der Waals surface area contributed by atoms with Crippen molar-refractivity contribution in [3.8, 4) is 0 Å². The van der Waals surface area contributed by atoms with E-state index in [1.165, 1.54) is 62.3 Å². The first kappa shape index (κ1) is 25.7. The zero-order chi connectivity index (χ0) is 25.0. The van der Waals surface area contributed by atoms with Gasteiger partial charge >= 0.3 is 0 Å². The average Bonchev–Trinajstić information content (AvgIpc) is 3.19. The van der Waals surface area contributed by atoms with Crippen LogP contribution < -0.4 is 5.32 Å². The van der Waals surface area contributed by atoms with Gasteiger partial charge in [0.05, 0.1) is 25.5 Å². The molecule has 5 rings (SSSR count). The number of aromatic nitrogens is 3. The Kier molecular flexibility index (Phi) is 8.33. The van der Waals surface area contributed by atoms with Gasteiger partial charge in [0.1, 0.15) is 5.82 Å². The summed E-state index contributed by atoms with van der Waals surface area (Å²) in [5, 5.41) is 12.7. The molecule has 0 radical (unpaired) electrons. The van der Waals surface area contributed by atoms with Crippen LogP contribution in [-0.4, -0.2) is 57.6 Å². The molecule has 1 aromatic heterocycles. The third kappa shape index (κ3) is 5.97. The molecule has 3 atom stereocenters. The number of thioether (sulfide) groups is 1. The van der Waals surface area contributed by atoms with Gasteiger partial charge in [0.2, 0.25) is 5.91 Å². The monoisotopic (exact) mass is 511 g/mol. The summed E-state index contributed by atoms with van der Waals surface area (Å²) in [6.45, 7) is 9.46. The fraction of sp³-hybridized carbons (Fsp3) is 0.679. The molecule has 2 heterocycles. The second-order valence-electron chi connectivity index (χ2n) is 11.1. The van der Waals surface area contributed by atoms with Gasteiger partial charge in [-0.1, -0.05) is 50.1 Å². The molecule has 1 N–H and O–H groups in total. The van der Waals surface area contributed by atoms with Crippen LogP contribution in [0.4, 0.5) is 5.69 Å². The van der Waals surface area contributed by atoms with Gasteiger partial charge in [0, 0.05) is 25.3 Å². The number of fused-ring (bicyclic) bond motifs is 2. The van der Waals surface area contributed by atoms with Crippen molar-refractivity contribution < 1.29 is 9.53 Å². The third-order valence-corrected chi connectivity index (χ3v) is 9.33. The van der Waals surface area contributed by atoms with E-state index in [0.29, 0.717) is 11.2 Å². The lowest BCUT2D eigenvalue weighted by Crippen LogP contribution is -2.36. The third-order valence-electron chi connectivity index (χ3n) is 8.36. The van der Waals surface area contributed by atoms with Crippen molar-refractivity contribution in [2.75, 3.05) is 37.4 Å². The first-order valence-corrected chi connectivity index (χ1v) is 14.8. The van der Waals surface area contributed by atoms with Crippen LogP contribution in [0.3, 0.4) is 0 Å². The van der Waals surface area contributed by atoms with Crippen molar-refractivity contribution in [3.05, 3.63) is 35.7 Å². The minimum atomic E-state index is -0.00730. The second-order valence-corrected chi connectivity index (χ2v) is 12.0. The Balaban J connectivity index is 1.17. The van der Waals surface area contributed by atoms with Gasteiger partial charge < -0.3 is 14.6 Å². The van der Waals surface area contributed by atoms with Crippen LogP contribution in [0.2, 0.25) is 0 Å². The molecule has 8 heteroatoms. The normalized spacial score (nSPS) is 26.9. The maximum atomic E-state index is 12.7. The lowest BCUT2D eigenvalue weighted by Gasteiger charge is -2.43. The van der Waals surface area contributed by atoms with Gasteiger partial charge in [-0.15, -0.1) is 10.2 Å². The Morgan fingerprint density at radius 3 is 2.75 bits per heavy atom. The predicted molar refractivity (Wildman–Crippen MR) is 144 cm³/mol. The van der Waals surface area contributed by atoms with Crippen LogP contribution >= 0.6 is 11.8 Å². The molecule has 196 valence electrons. The molecule has 7 nitrogen and oxygen atoms in total. The van der Waals surface area contributed by atoms with Gasteiger partial charge in [-0.05, 0) is 67.6 Å². The van der Waals surface area contributed by atoms with Crippen molar-refractivity contribution in [1.82, 2.24) is 19.7 Å². The highest BCUT2D eigenvalue weighted by molar-refractivity contribution is 7.99. The highest BCUT2D eigenvalue weighted by Gasteiger charge is 2.41. The zero-order valence-electron chi connectivity index (χ0n) is 21.9. The molecule has 0 spiro atoms. The molecule has 36 heavy (non-hydrogen) atoms. The van der Waals surface area contributed by atoms with Crippen LogP contribution in [0.1, 0.15) is 70.2 Å². The smallest absolute Gasteiger partial charge is 0.234 e. The molecule has 1 amide bonds. The summed E-state index contributed by atoms with van der Waals surface area (Å²) in [4.78, 5) is 15.1. The number of hydrogen-bond donors (Lipinski definition) is 1. The fourth-order valence-corrected chi connectivity index (χ4v) is 7.61. The molecule has 1 saturated heterocycles. The summed E-state index contributed by atoms with van der Waals surface area (Å²) in [6.07, 6.45) is 9.47. The lowest BCUT2D eigenvalue weighted by atomic mass is 9.62. The van der Waals surface area contributed by atoms with Crippen LogP contribution in [0.25, 0.3) is 0 Å². The Bertz CT molecular complexity index is 1020.